The molecule has 0 radical (unpaired) electrons. The number of rotatable bonds is 9. The van der Waals surface area contributed by atoms with Gasteiger partial charge in [0.25, 0.3) is 5.91 Å². The summed E-state index contributed by atoms with van der Waals surface area (Å²) in [5.41, 5.74) is 7.32. The number of amides is 1. The molecular formula is C22H25N5O3S. The quantitative estimate of drug-likeness (QED) is 0.526. The maximum atomic E-state index is 11.0. The van der Waals surface area contributed by atoms with Crippen LogP contribution >= 0.6 is 11.3 Å². The zero-order valence-corrected chi connectivity index (χ0v) is 18.1. The Bertz CT molecular complexity index is 1030. The number of nitrogens with zero attached hydrogens (tertiary/aromatic N) is 3. The average Bonchev–Trinajstić information content (AvgIpc) is 3.45. The van der Waals surface area contributed by atoms with E-state index >= 15 is 0 Å². The molecule has 3 aromatic rings. The van der Waals surface area contributed by atoms with Crippen LogP contribution in [0.25, 0.3) is 0 Å². The number of aromatic nitrogens is 2. The number of nitrogens with two attached hydrogens (primary N) is 1. The molecule has 31 heavy (non-hydrogen) atoms. The lowest BCUT2D eigenvalue weighted by molar-refractivity contribution is -0.119. The van der Waals surface area contributed by atoms with Crippen molar-refractivity contribution in [2.45, 2.75) is 25.4 Å². The summed E-state index contributed by atoms with van der Waals surface area (Å²) in [7, 11) is 1.58. The van der Waals surface area contributed by atoms with Gasteiger partial charge >= 0.3 is 0 Å². The number of hydrogen-bond acceptors (Lipinski definition) is 8. The van der Waals surface area contributed by atoms with E-state index in [1.54, 1.807) is 24.6 Å². The first-order chi connectivity index (χ1) is 15.1. The molecule has 0 saturated carbocycles. The first kappa shape index (κ1) is 21.1. The number of primary amides is 1. The predicted octanol–water partition coefficient (Wildman–Crippen LogP) is 3.49. The molecule has 1 fully saturated rings. The van der Waals surface area contributed by atoms with Gasteiger partial charge < -0.3 is 20.5 Å². The van der Waals surface area contributed by atoms with Crippen molar-refractivity contribution < 1.29 is 14.3 Å². The summed E-state index contributed by atoms with van der Waals surface area (Å²) in [6.07, 6.45) is 3.95. The van der Waals surface area contributed by atoms with Crippen molar-refractivity contribution in [2.24, 2.45) is 5.73 Å². The fourth-order valence-corrected chi connectivity index (χ4v) is 4.30. The highest BCUT2D eigenvalue weighted by Gasteiger charge is 2.27. The van der Waals surface area contributed by atoms with Gasteiger partial charge in [-0.2, -0.15) is 0 Å². The van der Waals surface area contributed by atoms with Crippen LogP contribution in [-0.2, 0) is 11.3 Å². The Morgan fingerprint density at radius 3 is 3.00 bits per heavy atom. The number of carbonyl (C=O) groups excluding carboxylic acids is 1. The number of carbonyl (C=O) groups is 1. The number of likely N-dealkylation sites (tertiary alicyclic amines) is 1. The lowest BCUT2D eigenvalue weighted by Crippen LogP contribution is -2.23. The van der Waals surface area contributed by atoms with E-state index in [0.29, 0.717) is 11.5 Å². The highest BCUT2D eigenvalue weighted by Crippen LogP contribution is 2.35. The number of pyridine rings is 1. The number of ether oxygens (including phenoxy) is 2. The van der Waals surface area contributed by atoms with Crippen molar-refractivity contribution in [3.05, 3.63) is 59.2 Å². The number of benzene rings is 1. The normalized spacial score (nSPS) is 16.2. The first-order valence-corrected chi connectivity index (χ1v) is 11.0. The lowest BCUT2D eigenvalue weighted by atomic mass is 10.1. The van der Waals surface area contributed by atoms with Gasteiger partial charge in [0.2, 0.25) is 0 Å². The van der Waals surface area contributed by atoms with Crippen LogP contribution in [0, 0.1) is 0 Å². The second-order valence-electron chi connectivity index (χ2n) is 7.28. The van der Waals surface area contributed by atoms with Gasteiger partial charge in [-0.15, -0.1) is 11.3 Å². The number of thiazole rings is 1. The van der Waals surface area contributed by atoms with E-state index in [9.17, 15) is 4.79 Å². The molecule has 1 aromatic carbocycles. The number of nitrogens with one attached hydrogen (secondary N) is 1. The molecule has 8 nitrogen and oxygen atoms in total. The SMILES string of the molecule is COc1cc(CN2CCC[C@@H]2c2cccc(Nc3nccs3)n2)ccc1OCC(N)=O. The van der Waals surface area contributed by atoms with Crippen LogP contribution in [0.15, 0.2) is 48.0 Å². The number of hydrogen-bond donors (Lipinski definition) is 2. The van der Waals surface area contributed by atoms with Crippen LogP contribution in [0.2, 0.25) is 0 Å². The van der Waals surface area contributed by atoms with E-state index in [-0.39, 0.29) is 12.6 Å². The topological polar surface area (TPSA) is 103 Å². The zero-order valence-electron chi connectivity index (χ0n) is 17.3. The minimum atomic E-state index is -0.523. The third-order valence-corrected chi connectivity index (χ3v) is 5.82. The number of methoxy groups -OCH3 is 1. The third kappa shape index (κ3) is 5.31. The Kier molecular flexibility index (Phi) is 6.63. The zero-order chi connectivity index (χ0) is 21.6. The van der Waals surface area contributed by atoms with E-state index in [2.05, 4.69) is 21.3 Å². The van der Waals surface area contributed by atoms with Gasteiger partial charge in [0, 0.05) is 18.1 Å². The molecule has 1 amide bonds. The molecule has 1 atom stereocenters. The van der Waals surface area contributed by atoms with E-state index in [1.165, 1.54) is 0 Å². The highest BCUT2D eigenvalue weighted by atomic mass is 32.1. The summed E-state index contributed by atoms with van der Waals surface area (Å²) in [6.45, 7) is 1.59. The maximum Gasteiger partial charge on any atom is 0.255 e. The average molecular weight is 440 g/mol. The molecule has 0 aliphatic carbocycles. The summed E-state index contributed by atoms with van der Waals surface area (Å²) in [5, 5.41) is 6.03. The molecule has 1 aliphatic rings. The Hall–Kier alpha value is -3.17. The van der Waals surface area contributed by atoms with Gasteiger partial charge in [-0.25, -0.2) is 9.97 Å². The fourth-order valence-electron chi connectivity index (χ4n) is 3.76. The second-order valence-corrected chi connectivity index (χ2v) is 8.17. The molecule has 9 heteroatoms. The summed E-state index contributed by atoms with van der Waals surface area (Å²) >= 11 is 1.55. The number of anilines is 2. The van der Waals surface area contributed by atoms with Crippen molar-refractivity contribution in [1.29, 1.82) is 0 Å². The summed E-state index contributed by atoms with van der Waals surface area (Å²) < 4.78 is 10.9. The molecule has 3 heterocycles. The van der Waals surface area contributed by atoms with E-state index in [4.69, 9.17) is 20.2 Å². The van der Waals surface area contributed by atoms with Crippen LogP contribution in [-0.4, -0.2) is 41.0 Å². The molecule has 4 rings (SSSR count). The molecule has 3 N–H and O–H groups in total. The van der Waals surface area contributed by atoms with Crippen molar-refractivity contribution in [1.82, 2.24) is 14.9 Å². The monoisotopic (exact) mass is 439 g/mol. The van der Waals surface area contributed by atoms with E-state index < -0.39 is 5.91 Å². The van der Waals surface area contributed by atoms with Crippen LogP contribution in [0.4, 0.5) is 10.9 Å². The summed E-state index contributed by atoms with van der Waals surface area (Å²) in [5.74, 6) is 1.37. The first-order valence-electron chi connectivity index (χ1n) is 10.1. The smallest absolute Gasteiger partial charge is 0.255 e. The van der Waals surface area contributed by atoms with Gasteiger partial charge in [-0.05, 0) is 49.2 Å². The van der Waals surface area contributed by atoms with Crippen molar-refractivity contribution in [2.75, 3.05) is 25.6 Å². The Balaban J connectivity index is 1.47. The van der Waals surface area contributed by atoms with E-state index in [0.717, 1.165) is 48.1 Å². The maximum absolute atomic E-state index is 11.0. The second kappa shape index (κ2) is 9.76. The van der Waals surface area contributed by atoms with Crippen LogP contribution < -0.4 is 20.5 Å². The third-order valence-electron chi connectivity index (χ3n) is 5.13. The Labute approximate surface area is 185 Å². The lowest BCUT2D eigenvalue weighted by Gasteiger charge is -2.25. The molecule has 1 saturated heterocycles. The van der Waals surface area contributed by atoms with E-state index in [1.807, 2.05) is 35.7 Å². The minimum absolute atomic E-state index is 0.180. The fraction of sp³-hybridized carbons (Fsp3) is 0.318. The Morgan fingerprint density at radius 2 is 2.23 bits per heavy atom. The van der Waals surface area contributed by atoms with Crippen LogP contribution in [0.5, 0.6) is 11.5 Å². The standard InChI is InChI=1S/C22H25N5O3S/c1-29-19-12-15(7-8-18(19)30-14-20(23)28)13-27-10-3-5-17(27)16-4-2-6-21(25-16)26-22-24-9-11-31-22/h2,4,6-9,11-12,17H,3,5,10,13-14H2,1H3,(H2,23,28)(H,24,25,26)/t17-/m1/s1. The summed E-state index contributed by atoms with van der Waals surface area (Å²) in [4.78, 5) is 22.5. The Morgan fingerprint density at radius 1 is 1.32 bits per heavy atom. The molecular weight excluding hydrogens is 414 g/mol. The molecule has 162 valence electrons. The highest BCUT2D eigenvalue weighted by molar-refractivity contribution is 7.13. The van der Waals surface area contributed by atoms with Gasteiger partial charge in [0.15, 0.2) is 23.2 Å². The van der Waals surface area contributed by atoms with Gasteiger partial charge in [-0.1, -0.05) is 12.1 Å². The van der Waals surface area contributed by atoms with Crippen molar-refractivity contribution in [3.63, 3.8) is 0 Å². The van der Waals surface area contributed by atoms with Crippen molar-refractivity contribution in [3.8, 4) is 11.5 Å². The van der Waals surface area contributed by atoms with Crippen LogP contribution in [0.1, 0.15) is 30.1 Å². The molecule has 0 spiro atoms. The molecule has 0 bridgehead atoms. The predicted molar refractivity (Wildman–Crippen MR) is 120 cm³/mol. The summed E-state index contributed by atoms with van der Waals surface area (Å²) in [6, 6.07) is 12.1. The van der Waals surface area contributed by atoms with Gasteiger partial charge in [0.05, 0.1) is 18.8 Å². The molecule has 2 aromatic heterocycles. The van der Waals surface area contributed by atoms with Gasteiger partial charge in [0.1, 0.15) is 5.82 Å². The van der Waals surface area contributed by atoms with Crippen molar-refractivity contribution >= 4 is 28.2 Å². The molecule has 1 aliphatic heterocycles. The molecule has 0 unspecified atom stereocenters. The minimum Gasteiger partial charge on any atom is -0.493 e. The van der Waals surface area contributed by atoms with Gasteiger partial charge in [-0.3, -0.25) is 9.69 Å². The largest absolute Gasteiger partial charge is 0.493 e. The van der Waals surface area contributed by atoms with Crippen LogP contribution in [0.3, 0.4) is 0 Å².